The minimum Gasteiger partial charge on any atom is -0.0654 e. The van der Waals surface area contributed by atoms with Gasteiger partial charge in [-0.25, -0.2) is 0 Å². The van der Waals surface area contributed by atoms with E-state index in [1.807, 2.05) is 0 Å². The van der Waals surface area contributed by atoms with Crippen LogP contribution in [0.25, 0.3) is 0 Å². The first-order valence-electron chi connectivity index (χ1n) is 6.11. The standard InChI is InChI=1S/C13H26/c1-6-8-9-13(10(3)7-2)11(4)12(13)5/h10-12H,6-9H2,1-5H3. The van der Waals surface area contributed by atoms with Crippen molar-refractivity contribution >= 4 is 0 Å². The van der Waals surface area contributed by atoms with Crippen molar-refractivity contribution < 1.29 is 0 Å². The van der Waals surface area contributed by atoms with E-state index in [-0.39, 0.29) is 0 Å². The van der Waals surface area contributed by atoms with E-state index in [1.165, 1.54) is 25.7 Å². The van der Waals surface area contributed by atoms with Crippen LogP contribution in [-0.2, 0) is 0 Å². The molecule has 0 aliphatic heterocycles. The van der Waals surface area contributed by atoms with Gasteiger partial charge in [0, 0.05) is 0 Å². The maximum absolute atomic E-state index is 2.45. The van der Waals surface area contributed by atoms with Gasteiger partial charge in [-0.2, -0.15) is 0 Å². The summed E-state index contributed by atoms with van der Waals surface area (Å²) in [6.45, 7) is 12.0. The zero-order chi connectivity index (χ0) is 10.1. The first-order chi connectivity index (χ1) is 6.11. The van der Waals surface area contributed by atoms with Gasteiger partial charge in [-0.3, -0.25) is 0 Å². The van der Waals surface area contributed by atoms with Crippen LogP contribution in [0, 0.1) is 23.2 Å². The Morgan fingerprint density at radius 3 is 2.00 bits per heavy atom. The molecule has 0 radical (unpaired) electrons. The Labute approximate surface area is 84.1 Å². The number of unbranched alkanes of at least 4 members (excludes halogenated alkanes) is 1. The van der Waals surface area contributed by atoms with E-state index in [1.54, 1.807) is 0 Å². The molecular formula is C13H26. The fraction of sp³-hybridized carbons (Fsp3) is 1.00. The molecule has 1 aliphatic carbocycles. The number of hydrogen-bond acceptors (Lipinski definition) is 0. The van der Waals surface area contributed by atoms with Gasteiger partial charge in [0.1, 0.15) is 0 Å². The molecular weight excluding hydrogens is 156 g/mol. The molecule has 0 N–H and O–H groups in total. The lowest BCUT2D eigenvalue weighted by Crippen LogP contribution is -2.15. The van der Waals surface area contributed by atoms with Crippen LogP contribution in [0.2, 0.25) is 0 Å². The average Bonchev–Trinajstić information content (AvgIpc) is 2.67. The molecule has 0 nitrogen and oxygen atoms in total. The van der Waals surface area contributed by atoms with Crippen molar-refractivity contribution in [1.29, 1.82) is 0 Å². The lowest BCUT2D eigenvalue weighted by Gasteiger charge is -2.24. The maximum Gasteiger partial charge on any atom is -0.0215 e. The van der Waals surface area contributed by atoms with E-state index in [0.717, 1.165) is 23.2 Å². The van der Waals surface area contributed by atoms with E-state index in [9.17, 15) is 0 Å². The van der Waals surface area contributed by atoms with Gasteiger partial charge in [-0.05, 0) is 29.6 Å². The first-order valence-corrected chi connectivity index (χ1v) is 6.11. The van der Waals surface area contributed by atoms with E-state index >= 15 is 0 Å². The first kappa shape index (κ1) is 11.1. The predicted molar refractivity (Wildman–Crippen MR) is 59.7 cm³/mol. The van der Waals surface area contributed by atoms with E-state index in [0.29, 0.717) is 0 Å². The molecule has 0 saturated heterocycles. The summed E-state index contributed by atoms with van der Waals surface area (Å²) < 4.78 is 0. The van der Waals surface area contributed by atoms with E-state index < -0.39 is 0 Å². The van der Waals surface area contributed by atoms with Crippen molar-refractivity contribution in [3.05, 3.63) is 0 Å². The molecule has 0 heteroatoms. The van der Waals surface area contributed by atoms with Gasteiger partial charge < -0.3 is 0 Å². The molecule has 0 aromatic heterocycles. The summed E-state index contributed by atoms with van der Waals surface area (Å²) >= 11 is 0. The van der Waals surface area contributed by atoms with Crippen molar-refractivity contribution in [2.75, 3.05) is 0 Å². The van der Waals surface area contributed by atoms with E-state index in [2.05, 4.69) is 34.6 Å². The summed E-state index contributed by atoms with van der Waals surface area (Å²) in [5, 5.41) is 0. The second-order valence-electron chi connectivity index (χ2n) is 5.10. The highest BCUT2D eigenvalue weighted by molar-refractivity contribution is 5.08. The molecule has 0 spiro atoms. The van der Waals surface area contributed by atoms with Gasteiger partial charge in [-0.1, -0.05) is 53.9 Å². The molecule has 1 aliphatic rings. The second-order valence-corrected chi connectivity index (χ2v) is 5.10. The summed E-state index contributed by atoms with van der Waals surface area (Å²) in [7, 11) is 0. The van der Waals surface area contributed by atoms with Gasteiger partial charge in [0.15, 0.2) is 0 Å². The molecule has 1 fully saturated rings. The maximum atomic E-state index is 2.45. The Bertz CT molecular complexity index is 151. The molecule has 0 aromatic rings. The topological polar surface area (TPSA) is 0 Å². The molecule has 0 bridgehead atoms. The van der Waals surface area contributed by atoms with Crippen molar-refractivity contribution in [3.8, 4) is 0 Å². The third kappa shape index (κ3) is 1.65. The van der Waals surface area contributed by atoms with Crippen LogP contribution >= 0.6 is 0 Å². The molecule has 0 heterocycles. The van der Waals surface area contributed by atoms with Crippen LogP contribution in [0.4, 0.5) is 0 Å². The highest BCUT2D eigenvalue weighted by atomic mass is 14.6. The van der Waals surface area contributed by atoms with Crippen LogP contribution in [0.1, 0.15) is 60.3 Å². The minimum absolute atomic E-state index is 0.727. The predicted octanol–water partition coefficient (Wildman–Crippen LogP) is 4.49. The van der Waals surface area contributed by atoms with Gasteiger partial charge in [0.05, 0.1) is 0 Å². The summed E-state index contributed by atoms with van der Waals surface area (Å²) in [6, 6.07) is 0. The molecule has 1 rings (SSSR count). The smallest absolute Gasteiger partial charge is 0.0215 e. The Balaban J connectivity index is 2.57. The monoisotopic (exact) mass is 182 g/mol. The van der Waals surface area contributed by atoms with E-state index in [4.69, 9.17) is 0 Å². The SMILES string of the molecule is CCCCC1(C(C)CC)C(C)C1C. The normalized spacial score (nSPS) is 40.4. The summed E-state index contributed by atoms with van der Waals surface area (Å²) in [5.41, 5.74) is 0.727. The largest absolute Gasteiger partial charge is 0.0654 e. The molecule has 13 heavy (non-hydrogen) atoms. The second kappa shape index (κ2) is 4.02. The zero-order valence-corrected chi connectivity index (χ0v) is 10.1. The lowest BCUT2D eigenvalue weighted by molar-refractivity contribution is 0.254. The van der Waals surface area contributed by atoms with Crippen molar-refractivity contribution in [1.82, 2.24) is 0 Å². The Kier molecular flexibility index (Phi) is 3.43. The summed E-state index contributed by atoms with van der Waals surface area (Å²) in [4.78, 5) is 0. The fourth-order valence-corrected chi connectivity index (χ4v) is 3.36. The highest BCUT2D eigenvalue weighted by Gasteiger charge is 2.60. The molecule has 0 amide bonds. The van der Waals surface area contributed by atoms with Crippen molar-refractivity contribution in [3.63, 3.8) is 0 Å². The van der Waals surface area contributed by atoms with Gasteiger partial charge in [-0.15, -0.1) is 0 Å². The Morgan fingerprint density at radius 1 is 1.15 bits per heavy atom. The molecule has 0 aromatic carbocycles. The third-order valence-corrected chi connectivity index (χ3v) is 4.83. The highest BCUT2D eigenvalue weighted by Crippen LogP contribution is 2.66. The summed E-state index contributed by atoms with van der Waals surface area (Å²) in [6.07, 6.45) is 5.62. The average molecular weight is 182 g/mol. The molecule has 78 valence electrons. The number of rotatable bonds is 5. The zero-order valence-electron chi connectivity index (χ0n) is 10.1. The molecule has 1 saturated carbocycles. The van der Waals surface area contributed by atoms with Gasteiger partial charge in [0.2, 0.25) is 0 Å². The van der Waals surface area contributed by atoms with Crippen LogP contribution in [0.15, 0.2) is 0 Å². The lowest BCUT2D eigenvalue weighted by atomic mass is 9.81. The quantitative estimate of drug-likeness (QED) is 0.587. The van der Waals surface area contributed by atoms with Crippen LogP contribution in [0.5, 0.6) is 0 Å². The summed E-state index contributed by atoms with van der Waals surface area (Å²) in [5.74, 6) is 2.90. The van der Waals surface area contributed by atoms with Crippen LogP contribution in [0.3, 0.4) is 0 Å². The minimum atomic E-state index is 0.727. The van der Waals surface area contributed by atoms with Gasteiger partial charge in [0.25, 0.3) is 0 Å². The van der Waals surface area contributed by atoms with Crippen molar-refractivity contribution in [2.24, 2.45) is 23.2 Å². The van der Waals surface area contributed by atoms with Crippen LogP contribution < -0.4 is 0 Å². The third-order valence-electron chi connectivity index (χ3n) is 4.83. The number of hydrogen-bond donors (Lipinski definition) is 0. The Morgan fingerprint density at radius 2 is 1.69 bits per heavy atom. The van der Waals surface area contributed by atoms with Crippen LogP contribution in [-0.4, -0.2) is 0 Å². The van der Waals surface area contributed by atoms with Gasteiger partial charge >= 0.3 is 0 Å². The Hall–Kier alpha value is 0. The van der Waals surface area contributed by atoms with Crippen molar-refractivity contribution in [2.45, 2.75) is 60.3 Å². The molecule has 3 atom stereocenters. The molecule has 3 unspecified atom stereocenters. The fourth-order valence-electron chi connectivity index (χ4n) is 3.36.